The van der Waals surface area contributed by atoms with Crippen LogP contribution in [0.15, 0.2) is 67.3 Å². The minimum absolute atomic E-state index is 0.0408. The van der Waals surface area contributed by atoms with Gasteiger partial charge < -0.3 is 0 Å². The van der Waals surface area contributed by atoms with Crippen LogP contribution in [0.25, 0.3) is 22.2 Å². The molecule has 2 aromatic carbocycles. The van der Waals surface area contributed by atoms with Gasteiger partial charge in [0.1, 0.15) is 6.33 Å². The van der Waals surface area contributed by atoms with Crippen molar-refractivity contribution in [2.24, 2.45) is 0 Å². The van der Waals surface area contributed by atoms with E-state index >= 15 is 0 Å². The van der Waals surface area contributed by atoms with Crippen molar-refractivity contribution in [3.63, 3.8) is 0 Å². The molecular weight excluding hydrogens is 449 g/mol. The second-order valence-corrected chi connectivity index (χ2v) is 8.07. The molecule has 2 aromatic heterocycles. The molecule has 0 atom stereocenters. The standard InChI is InChI=1S/C22H16IN3O/c23-16-8-9-18-17(12-16)20(22(27)26-11-10-24-13-26)19(14-6-7-14)21(25-18)15-4-2-1-3-5-15/h1-5,8-14H,6-7H2. The predicted molar refractivity (Wildman–Crippen MR) is 114 cm³/mol. The summed E-state index contributed by atoms with van der Waals surface area (Å²) in [6, 6.07) is 16.3. The van der Waals surface area contributed by atoms with Gasteiger partial charge >= 0.3 is 0 Å². The Morgan fingerprint density at radius 1 is 1.11 bits per heavy atom. The summed E-state index contributed by atoms with van der Waals surface area (Å²) in [5, 5.41) is 0.919. The van der Waals surface area contributed by atoms with E-state index in [4.69, 9.17) is 4.98 Å². The molecule has 5 heteroatoms. The van der Waals surface area contributed by atoms with Gasteiger partial charge in [-0.25, -0.2) is 9.97 Å². The van der Waals surface area contributed by atoms with Gasteiger partial charge in [0, 0.05) is 26.9 Å². The summed E-state index contributed by atoms with van der Waals surface area (Å²) in [5.74, 6) is 0.346. The Bertz CT molecular complexity index is 1150. The molecule has 1 saturated carbocycles. The number of hydrogen-bond acceptors (Lipinski definition) is 3. The number of fused-ring (bicyclic) bond motifs is 1. The smallest absolute Gasteiger partial charge is 0.264 e. The zero-order chi connectivity index (χ0) is 18.4. The van der Waals surface area contributed by atoms with Gasteiger partial charge in [0.25, 0.3) is 5.91 Å². The molecule has 0 bridgehead atoms. The predicted octanol–water partition coefficient (Wildman–Crippen LogP) is 5.27. The third-order valence-corrected chi connectivity index (χ3v) is 5.64. The molecule has 0 aliphatic heterocycles. The molecule has 0 radical (unpaired) electrons. The SMILES string of the molecule is O=C(c1c(C2CC2)c(-c2ccccc2)nc2ccc(I)cc12)n1ccnc1. The van der Waals surface area contributed by atoms with Crippen molar-refractivity contribution in [1.29, 1.82) is 0 Å². The van der Waals surface area contributed by atoms with Crippen LogP contribution >= 0.6 is 22.6 Å². The first-order valence-electron chi connectivity index (χ1n) is 8.93. The Hall–Kier alpha value is -2.54. The van der Waals surface area contributed by atoms with Gasteiger partial charge in [0.2, 0.25) is 0 Å². The number of carbonyl (C=O) groups is 1. The molecule has 132 valence electrons. The molecule has 1 fully saturated rings. The molecule has 4 nitrogen and oxygen atoms in total. The summed E-state index contributed by atoms with van der Waals surface area (Å²) in [4.78, 5) is 22.5. The third-order valence-electron chi connectivity index (χ3n) is 4.97. The first-order chi connectivity index (χ1) is 13.2. The number of aromatic nitrogens is 3. The molecule has 4 aromatic rings. The van der Waals surface area contributed by atoms with Crippen molar-refractivity contribution in [3.8, 4) is 11.3 Å². The number of carbonyl (C=O) groups excluding carboxylic acids is 1. The number of imidazole rings is 1. The molecular formula is C22H16IN3O. The lowest BCUT2D eigenvalue weighted by Gasteiger charge is -2.17. The van der Waals surface area contributed by atoms with Gasteiger partial charge in [-0.2, -0.15) is 0 Å². The number of rotatable bonds is 3. The molecule has 0 saturated heterocycles. The van der Waals surface area contributed by atoms with Crippen LogP contribution in [0.3, 0.4) is 0 Å². The summed E-state index contributed by atoms with van der Waals surface area (Å²) in [6.07, 6.45) is 7.12. The third kappa shape index (κ3) is 2.96. The largest absolute Gasteiger partial charge is 0.272 e. The van der Waals surface area contributed by atoms with E-state index in [1.807, 2.05) is 30.3 Å². The molecule has 2 heterocycles. The highest BCUT2D eigenvalue weighted by molar-refractivity contribution is 14.1. The fourth-order valence-electron chi connectivity index (χ4n) is 3.57. The lowest BCUT2D eigenvalue weighted by Crippen LogP contribution is -2.15. The van der Waals surface area contributed by atoms with Crippen molar-refractivity contribution in [1.82, 2.24) is 14.5 Å². The maximum atomic E-state index is 13.5. The van der Waals surface area contributed by atoms with Gasteiger partial charge in [-0.05, 0) is 65.1 Å². The van der Waals surface area contributed by atoms with E-state index in [0.29, 0.717) is 5.92 Å². The van der Waals surface area contributed by atoms with E-state index in [2.05, 4.69) is 45.8 Å². The second-order valence-electron chi connectivity index (χ2n) is 6.83. The lowest BCUT2D eigenvalue weighted by atomic mass is 9.93. The van der Waals surface area contributed by atoms with Crippen LogP contribution in [0.1, 0.15) is 34.7 Å². The summed E-state index contributed by atoms with van der Waals surface area (Å²) < 4.78 is 2.66. The fourth-order valence-corrected chi connectivity index (χ4v) is 4.07. The Morgan fingerprint density at radius 2 is 1.93 bits per heavy atom. The maximum absolute atomic E-state index is 13.5. The molecule has 0 unspecified atom stereocenters. The van der Waals surface area contributed by atoms with Gasteiger partial charge in [-0.15, -0.1) is 0 Å². The number of hydrogen-bond donors (Lipinski definition) is 0. The fraction of sp³-hybridized carbons (Fsp3) is 0.136. The first-order valence-corrected chi connectivity index (χ1v) is 10.0. The number of benzene rings is 2. The van der Waals surface area contributed by atoms with Crippen molar-refractivity contribution >= 4 is 39.4 Å². The van der Waals surface area contributed by atoms with Gasteiger partial charge in [0.15, 0.2) is 0 Å². The van der Waals surface area contributed by atoms with Crippen molar-refractivity contribution in [3.05, 3.63) is 81.9 Å². The van der Waals surface area contributed by atoms with Crippen LogP contribution in [0, 0.1) is 3.57 Å². The highest BCUT2D eigenvalue weighted by atomic mass is 127. The van der Waals surface area contributed by atoms with Crippen LogP contribution in [0.2, 0.25) is 0 Å². The zero-order valence-electron chi connectivity index (χ0n) is 14.5. The minimum Gasteiger partial charge on any atom is -0.272 e. The van der Waals surface area contributed by atoms with Crippen LogP contribution in [-0.2, 0) is 0 Å². The Labute approximate surface area is 170 Å². The highest BCUT2D eigenvalue weighted by Gasteiger charge is 2.33. The molecule has 0 N–H and O–H groups in total. The number of nitrogens with zero attached hydrogens (tertiary/aromatic N) is 3. The van der Waals surface area contributed by atoms with E-state index in [1.54, 1.807) is 23.3 Å². The van der Waals surface area contributed by atoms with Gasteiger partial charge in [-0.3, -0.25) is 9.36 Å². The molecule has 0 amide bonds. The summed E-state index contributed by atoms with van der Waals surface area (Å²) in [7, 11) is 0. The van der Waals surface area contributed by atoms with Gasteiger partial charge in [0.05, 0.1) is 16.8 Å². The Balaban J connectivity index is 1.88. The van der Waals surface area contributed by atoms with Crippen molar-refractivity contribution in [2.45, 2.75) is 18.8 Å². The second kappa shape index (κ2) is 6.56. The summed E-state index contributed by atoms with van der Waals surface area (Å²) in [5.41, 5.74) is 4.67. The van der Waals surface area contributed by atoms with E-state index in [9.17, 15) is 4.79 Å². The van der Waals surface area contributed by atoms with Crippen LogP contribution in [0.4, 0.5) is 0 Å². The molecule has 5 rings (SSSR count). The lowest BCUT2D eigenvalue weighted by molar-refractivity contribution is 0.0960. The van der Waals surface area contributed by atoms with Crippen LogP contribution in [0.5, 0.6) is 0 Å². The topological polar surface area (TPSA) is 47.8 Å². The molecule has 1 aliphatic rings. The van der Waals surface area contributed by atoms with Crippen LogP contribution in [-0.4, -0.2) is 20.4 Å². The first kappa shape index (κ1) is 16.6. The van der Waals surface area contributed by atoms with Crippen molar-refractivity contribution < 1.29 is 4.79 Å². The van der Waals surface area contributed by atoms with Crippen LogP contribution < -0.4 is 0 Å². The number of pyridine rings is 1. The van der Waals surface area contributed by atoms with E-state index in [0.717, 1.165) is 49.7 Å². The van der Waals surface area contributed by atoms with Gasteiger partial charge in [-0.1, -0.05) is 30.3 Å². The molecule has 27 heavy (non-hydrogen) atoms. The maximum Gasteiger partial charge on any atom is 0.264 e. The van der Waals surface area contributed by atoms with E-state index in [1.165, 1.54) is 0 Å². The van der Waals surface area contributed by atoms with E-state index in [-0.39, 0.29) is 5.91 Å². The Morgan fingerprint density at radius 3 is 2.63 bits per heavy atom. The quantitative estimate of drug-likeness (QED) is 0.388. The highest BCUT2D eigenvalue weighted by Crippen LogP contribution is 2.47. The molecule has 1 aliphatic carbocycles. The zero-order valence-corrected chi connectivity index (χ0v) is 16.6. The van der Waals surface area contributed by atoms with Crippen molar-refractivity contribution in [2.75, 3.05) is 0 Å². The monoisotopic (exact) mass is 465 g/mol. The number of halogens is 1. The summed E-state index contributed by atoms with van der Waals surface area (Å²) in [6.45, 7) is 0. The normalized spacial score (nSPS) is 13.8. The molecule has 0 spiro atoms. The summed E-state index contributed by atoms with van der Waals surface area (Å²) >= 11 is 2.29. The average molecular weight is 465 g/mol. The minimum atomic E-state index is -0.0408. The average Bonchev–Trinajstić information content (AvgIpc) is 3.39. The Kier molecular flexibility index (Phi) is 4.04. The van der Waals surface area contributed by atoms with E-state index < -0.39 is 0 Å².